The van der Waals surface area contributed by atoms with Crippen LogP contribution in [0.15, 0.2) is 48.5 Å². The highest BCUT2D eigenvalue weighted by Gasteiger charge is 2.33. The maximum absolute atomic E-state index is 12.9. The Bertz CT molecular complexity index is 1060. The van der Waals surface area contributed by atoms with Gasteiger partial charge in [0, 0.05) is 25.4 Å². The molecule has 2 atom stereocenters. The van der Waals surface area contributed by atoms with Crippen LogP contribution in [0.1, 0.15) is 36.3 Å². The van der Waals surface area contributed by atoms with E-state index in [9.17, 15) is 19.5 Å². The Labute approximate surface area is 192 Å². The number of likely N-dealkylation sites (tertiary alicyclic amines) is 1. The molecule has 1 aliphatic heterocycles. The molecule has 2 amide bonds. The number of carbonyl (C=O) groups is 3. The Morgan fingerprint density at radius 3 is 2.36 bits per heavy atom. The molecule has 7 nitrogen and oxygen atoms in total. The Hall–Kier alpha value is -3.79. The molecule has 2 aliphatic rings. The lowest BCUT2D eigenvalue weighted by Crippen LogP contribution is -2.52. The van der Waals surface area contributed by atoms with E-state index in [0.29, 0.717) is 19.4 Å². The van der Waals surface area contributed by atoms with E-state index in [2.05, 4.69) is 23.4 Å². The molecule has 2 aromatic rings. The molecule has 0 spiro atoms. The number of carboxylic acid groups (broad SMARTS) is 1. The monoisotopic (exact) mass is 446 g/mol. The minimum atomic E-state index is -0.960. The second-order valence-electron chi connectivity index (χ2n) is 8.39. The normalized spacial score (nSPS) is 17.9. The number of nitrogens with one attached hydrogen (secondary N) is 1. The van der Waals surface area contributed by atoms with Gasteiger partial charge in [0.25, 0.3) is 0 Å². The Balaban J connectivity index is 1.40. The van der Waals surface area contributed by atoms with Crippen LogP contribution in [-0.4, -0.2) is 53.7 Å². The maximum atomic E-state index is 12.9. The molecule has 1 aliphatic carbocycles. The number of carbonyl (C=O) groups excluding carboxylic acids is 2. The second-order valence-corrected chi connectivity index (χ2v) is 8.39. The smallest absolute Gasteiger partial charge is 0.407 e. The first-order valence-corrected chi connectivity index (χ1v) is 11.1. The molecule has 0 aromatic heterocycles. The summed E-state index contributed by atoms with van der Waals surface area (Å²) in [5.74, 6) is 0.407. The first-order valence-electron chi connectivity index (χ1n) is 11.1. The molecule has 7 heteroatoms. The topological polar surface area (TPSA) is 95.9 Å². The number of hydrogen-bond donors (Lipinski definition) is 2. The van der Waals surface area contributed by atoms with Gasteiger partial charge in [0.15, 0.2) is 0 Å². The molecule has 0 radical (unpaired) electrons. The summed E-state index contributed by atoms with van der Waals surface area (Å²) in [5, 5.41) is 11.9. The van der Waals surface area contributed by atoms with E-state index in [1.807, 2.05) is 36.4 Å². The highest BCUT2D eigenvalue weighted by Crippen LogP contribution is 2.44. The molecule has 4 rings (SSSR count). The predicted molar refractivity (Wildman–Crippen MR) is 122 cm³/mol. The Kier molecular flexibility index (Phi) is 6.64. The summed E-state index contributed by atoms with van der Waals surface area (Å²) < 4.78 is 5.53. The number of fused-ring (bicyclic) bond motifs is 3. The van der Waals surface area contributed by atoms with Crippen molar-refractivity contribution in [2.75, 3.05) is 19.7 Å². The molecule has 33 heavy (non-hydrogen) atoms. The Morgan fingerprint density at radius 1 is 1.12 bits per heavy atom. The fourth-order valence-electron chi connectivity index (χ4n) is 4.70. The van der Waals surface area contributed by atoms with Crippen molar-refractivity contribution in [3.05, 3.63) is 59.7 Å². The van der Waals surface area contributed by atoms with Crippen LogP contribution in [0.3, 0.4) is 0 Å². The lowest BCUT2D eigenvalue weighted by Gasteiger charge is -2.33. The van der Waals surface area contributed by atoms with Crippen molar-refractivity contribution in [3.8, 4) is 23.5 Å². The summed E-state index contributed by atoms with van der Waals surface area (Å²) in [5.41, 5.74) is 4.44. The third-order valence-corrected chi connectivity index (χ3v) is 6.34. The number of alkyl carbamates (subject to hydrolysis) is 1. The number of carboxylic acids is 1. The highest BCUT2D eigenvalue weighted by atomic mass is 16.5. The van der Waals surface area contributed by atoms with Gasteiger partial charge >= 0.3 is 12.1 Å². The average Bonchev–Trinajstić information content (AvgIpc) is 3.16. The number of aliphatic carboxylic acids is 1. The van der Waals surface area contributed by atoms with Gasteiger partial charge in [0.1, 0.15) is 12.6 Å². The second kappa shape index (κ2) is 9.78. The number of terminal acetylenes is 1. The number of rotatable bonds is 6. The van der Waals surface area contributed by atoms with Gasteiger partial charge in [0.2, 0.25) is 5.91 Å². The van der Waals surface area contributed by atoms with Crippen LogP contribution in [0.25, 0.3) is 11.1 Å². The third kappa shape index (κ3) is 4.70. The Morgan fingerprint density at radius 2 is 1.76 bits per heavy atom. The van der Waals surface area contributed by atoms with Gasteiger partial charge in [-0.2, -0.15) is 0 Å². The molecule has 170 valence electrons. The number of ether oxygens (including phenoxy) is 1. The zero-order valence-electron chi connectivity index (χ0n) is 18.2. The molecule has 1 fully saturated rings. The fourth-order valence-corrected chi connectivity index (χ4v) is 4.70. The first kappa shape index (κ1) is 22.4. The van der Waals surface area contributed by atoms with Crippen LogP contribution in [-0.2, 0) is 14.3 Å². The summed E-state index contributed by atoms with van der Waals surface area (Å²) in [4.78, 5) is 38.3. The van der Waals surface area contributed by atoms with Crippen molar-refractivity contribution >= 4 is 18.0 Å². The zero-order chi connectivity index (χ0) is 23.4. The number of nitrogens with zero attached hydrogens (tertiary/aromatic N) is 1. The number of benzene rings is 2. The summed E-state index contributed by atoms with van der Waals surface area (Å²) >= 11 is 0. The van der Waals surface area contributed by atoms with Gasteiger partial charge in [-0.3, -0.25) is 9.59 Å². The molecular formula is C26H26N2O5. The molecule has 1 saturated heterocycles. The standard InChI is InChI=1S/C26H26N2O5/c1-2-8-23(24(29)28-14-7-9-17(15-28)25(30)31)27-26(32)33-16-22-20-12-5-3-10-18(20)19-11-4-6-13-21(19)22/h1,3-6,10-13,17,22-23H,7-9,14-16H2,(H,27,32)(H,30,31). The first-order chi connectivity index (χ1) is 16.0. The summed E-state index contributed by atoms with van der Waals surface area (Å²) in [6, 6.07) is 15.1. The van der Waals surface area contributed by atoms with E-state index in [0.717, 1.165) is 22.3 Å². The summed E-state index contributed by atoms with van der Waals surface area (Å²) in [7, 11) is 0. The summed E-state index contributed by atoms with van der Waals surface area (Å²) in [6.07, 6.45) is 5.81. The highest BCUT2D eigenvalue weighted by molar-refractivity contribution is 5.87. The van der Waals surface area contributed by atoms with Crippen LogP contribution >= 0.6 is 0 Å². The van der Waals surface area contributed by atoms with Crippen molar-refractivity contribution in [1.82, 2.24) is 10.2 Å². The van der Waals surface area contributed by atoms with Crippen molar-refractivity contribution < 1.29 is 24.2 Å². The molecule has 1 heterocycles. The molecule has 2 aromatic carbocycles. The molecule has 2 N–H and O–H groups in total. The predicted octanol–water partition coefficient (Wildman–Crippen LogP) is 3.24. The van der Waals surface area contributed by atoms with Gasteiger partial charge in [0.05, 0.1) is 5.92 Å². The number of hydrogen-bond acceptors (Lipinski definition) is 4. The molecule has 0 saturated carbocycles. The van der Waals surface area contributed by atoms with E-state index in [-0.39, 0.29) is 31.4 Å². The van der Waals surface area contributed by atoms with Crippen molar-refractivity contribution in [2.45, 2.75) is 31.2 Å². The zero-order valence-corrected chi connectivity index (χ0v) is 18.2. The van der Waals surface area contributed by atoms with Gasteiger partial charge in [-0.25, -0.2) is 4.79 Å². The average molecular weight is 447 g/mol. The van der Waals surface area contributed by atoms with Crippen molar-refractivity contribution in [2.24, 2.45) is 5.92 Å². The van der Waals surface area contributed by atoms with E-state index in [1.54, 1.807) is 0 Å². The maximum Gasteiger partial charge on any atom is 0.407 e. The SMILES string of the molecule is C#CCC(NC(=O)OCC1c2ccccc2-c2ccccc21)C(=O)N1CCCC(C(=O)O)C1. The minimum Gasteiger partial charge on any atom is -0.481 e. The minimum absolute atomic E-state index is 0.00271. The van der Waals surface area contributed by atoms with E-state index in [1.165, 1.54) is 4.90 Å². The third-order valence-electron chi connectivity index (χ3n) is 6.34. The van der Waals surface area contributed by atoms with Crippen LogP contribution in [0.5, 0.6) is 0 Å². The van der Waals surface area contributed by atoms with Gasteiger partial charge in [-0.05, 0) is 35.1 Å². The van der Waals surface area contributed by atoms with E-state index in [4.69, 9.17) is 11.2 Å². The van der Waals surface area contributed by atoms with E-state index >= 15 is 0 Å². The van der Waals surface area contributed by atoms with Gasteiger partial charge in [-0.1, -0.05) is 48.5 Å². The van der Waals surface area contributed by atoms with E-state index < -0.39 is 24.0 Å². The van der Waals surface area contributed by atoms with Gasteiger partial charge in [-0.15, -0.1) is 12.3 Å². The van der Waals surface area contributed by atoms with Crippen molar-refractivity contribution in [1.29, 1.82) is 0 Å². The van der Waals surface area contributed by atoms with Crippen LogP contribution in [0.4, 0.5) is 4.79 Å². The molecular weight excluding hydrogens is 420 g/mol. The number of piperidine rings is 1. The summed E-state index contributed by atoms with van der Waals surface area (Å²) in [6.45, 7) is 0.680. The van der Waals surface area contributed by atoms with Crippen LogP contribution < -0.4 is 5.32 Å². The molecule has 2 unspecified atom stereocenters. The lowest BCUT2D eigenvalue weighted by atomic mass is 9.97. The van der Waals surface area contributed by atoms with Gasteiger partial charge < -0.3 is 20.1 Å². The quantitative estimate of drug-likeness (QED) is 0.664. The molecule has 0 bridgehead atoms. The largest absolute Gasteiger partial charge is 0.481 e. The number of amides is 2. The van der Waals surface area contributed by atoms with Crippen LogP contribution in [0.2, 0.25) is 0 Å². The lowest BCUT2D eigenvalue weighted by molar-refractivity contribution is -0.146. The van der Waals surface area contributed by atoms with Crippen LogP contribution in [0, 0.1) is 18.3 Å². The fraction of sp³-hybridized carbons (Fsp3) is 0.346. The van der Waals surface area contributed by atoms with Crippen molar-refractivity contribution in [3.63, 3.8) is 0 Å².